The molecule has 2 aliphatic heterocycles. The summed E-state index contributed by atoms with van der Waals surface area (Å²) in [5.41, 5.74) is 1.22. The Bertz CT molecular complexity index is 503. The average Bonchev–Trinajstić information content (AvgIpc) is 2.62. The van der Waals surface area contributed by atoms with Gasteiger partial charge in [-0.3, -0.25) is 4.90 Å². The van der Waals surface area contributed by atoms with Crippen molar-refractivity contribution in [2.75, 3.05) is 44.8 Å². The van der Waals surface area contributed by atoms with Crippen molar-refractivity contribution in [1.29, 1.82) is 0 Å². The second-order valence-corrected chi connectivity index (χ2v) is 6.71. The van der Waals surface area contributed by atoms with Gasteiger partial charge >= 0.3 is 0 Å². The number of rotatable bonds is 4. The lowest BCUT2D eigenvalue weighted by molar-refractivity contribution is -0.0198. The molecule has 0 unspecified atom stereocenters. The van der Waals surface area contributed by atoms with Crippen molar-refractivity contribution in [2.24, 2.45) is 5.92 Å². The summed E-state index contributed by atoms with van der Waals surface area (Å²) in [6.45, 7) is 3.87. The molecule has 1 aromatic rings. The first-order chi connectivity index (χ1) is 11.2. The molecule has 23 heavy (non-hydrogen) atoms. The van der Waals surface area contributed by atoms with Crippen molar-refractivity contribution in [3.63, 3.8) is 0 Å². The normalized spacial score (nSPS) is 27.2. The summed E-state index contributed by atoms with van der Waals surface area (Å²) >= 11 is 0. The molecule has 0 aromatic heterocycles. The summed E-state index contributed by atoms with van der Waals surface area (Å²) in [5.74, 6) is 0.960. The molecule has 0 aliphatic carbocycles. The molecular weight excluding hydrogens is 292 g/mol. The van der Waals surface area contributed by atoms with E-state index in [9.17, 15) is 10.2 Å². The molecule has 0 spiro atoms. The number of aliphatic hydroxyl groups is 2. The van der Waals surface area contributed by atoms with E-state index in [0.29, 0.717) is 12.6 Å². The maximum Gasteiger partial charge on any atom is 0.120 e. The van der Waals surface area contributed by atoms with Gasteiger partial charge in [0.2, 0.25) is 0 Å². The van der Waals surface area contributed by atoms with Crippen molar-refractivity contribution in [3.8, 4) is 5.75 Å². The number of hydrogen-bond acceptors (Lipinski definition) is 5. The van der Waals surface area contributed by atoms with Crippen molar-refractivity contribution in [2.45, 2.75) is 31.4 Å². The smallest absolute Gasteiger partial charge is 0.120 e. The first kappa shape index (κ1) is 16.6. The quantitative estimate of drug-likeness (QED) is 0.877. The van der Waals surface area contributed by atoms with E-state index in [2.05, 4.69) is 21.9 Å². The Hall–Kier alpha value is -1.30. The van der Waals surface area contributed by atoms with Crippen molar-refractivity contribution in [3.05, 3.63) is 24.3 Å². The van der Waals surface area contributed by atoms with Crippen LogP contribution >= 0.6 is 0 Å². The molecule has 0 saturated carbocycles. The maximum atomic E-state index is 10.1. The highest BCUT2D eigenvalue weighted by Crippen LogP contribution is 2.28. The van der Waals surface area contributed by atoms with E-state index in [4.69, 9.17) is 4.74 Å². The zero-order chi connectivity index (χ0) is 16.2. The van der Waals surface area contributed by atoms with Crippen LogP contribution in [0.3, 0.4) is 0 Å². The van der Waals surface area contributed by atoms with Crippen LogP contribution < -0.4 is 9.64 Å². The number of aliphatic hydroxyl groups excluding tert-OH is 2. The summed E-state index contributed by atoms with van der Waals surface area (Å²) in [7, 11) is 1.70. The number of anilines is 1. The van der Waals surface area contributed by atoms with Crippen LogP contribution in [0, 0.1) is 5.92 Å². The number of piperidine rings is 2. The van der Waals surface area contributed by atoms with E-state index in [-0.39, 0.29) is 18.6 Å². The van der Waals surface area contributed by atoms with Gasteiger partial charge in [0.1, 0.15) is 5.75 Å². The predicted octanol–water partition coefficient (Wildman–Crippen LogP) is 1.34. The fourth-order valence-electron chi connectivity index (χ4n) is 3.85. The summed E-state index contributed by atoms with van der Waals surface area (Å²) in [6.07, 6.45) is 2.75. The maximum absolute atomic E-state index is 10.1. The second-order valence-electron chi connectivity index (χ2n) is 6.71. The number of methoxy groups -OCH3 is 1. The molecule has 2 N–H and O–H groups in total. The first-order valence-corrected chi connectivity index (χ1v) is 8.63. The van der Waals surface area contributed by atoms with Gasteiger partial charge in [0.25, 0.3) is 0 Å². The van der Waals surface area contributed by atoms with E-state index in [1.54, 1.807) is 7.11 Å². The van der Waals surface area contributed by atoms with Gasteiger partial charge in [-0.25, -0.2) is 0 Å². The Morgan fingerprint density at radius 1 is 1.17 bits per heavy atom. The van der Waals surface area contributed by atoms with Gasteiger partial charge in [-0.15, -0.1) is 0 Å². The van der Waals surface area contributed by atoms with Crippen molar-refractivity contribution >= 4 is 5.69 Å². The molecule has 5 heteroatoms. The molecule has 2 fully saturated rings. The number of likely N-dealkylation sites (tertiary alicyclic amines) is 1. The third kappa shape index (κ3) is 3.79. The fourth-order valence-corrected chi connectivity index (χ4v) is 3.85. The third-order valence-electron chi connectivity index (χ3n) is 5.39. The van der Waals surface area contributed by atoms with Gasteiger partial charge < -0.3 is 19.8 Å². The van der Waals surface area contributed by atoms with Crippen molar-refractivity contribution in [1.82, 2.24) is 4.90 Å². The molecule has 5 nitrogen and oxygen atoms in total. The second kappa shape index (κ2) is 7.51. The number of hydrogen-bond donors (Lipinski definition) is 2. The topological polar surface area (TPSA) is 56.2 Å². The van der Waals surface area contributed by atoms with Crippen LogP contribution in [0.2, 0.25) is 0 Å². The number of ether oxygens (including phenoxy) is 1. The number of benzene rings is 1. The molecule has 0 amide bonds. The van der Waals surface area contributed by atoms with E-state index in [1.165, 1.54) is 5.69 Å². The molecular formula is C18H28N2O3. The molecule has 1 aromatic carbocycles. The van der Waals surface area contributed by atoms with Gasteiger partial charge in [-0.1, -0.05) is 6.07 Å². The van der Waals surface area contributed by atoms with E-state index in [0.717, 1.165) is 44.6 Å². The molecule has 2 atom stereocenters. The third-order valence-corrected chi connectivity index (χ3v) is 5.39. The molecule has 128 valence electrons. The Balaban J connectivity index is 1.54. The van der Waals surface area contributed by atoms with E-state index >= 15 is 0 Å². The largest absolute Gasteiger partial charge is 0.497 e. The van der Waals surface area contributed by atoms with Crippen LogP contribution in [0.4, 0.5) is 5.69 Å². The molecule has 3 rings (SSSR count). The highest BCUT2D eigenvalue weighted by atomic mass is 16.5. The molecule has 0 bridgehead atoms. The minimum absolute atomic E-state index is 0.0584. The Morgan fingerprint density at radius 2 is 1.96 bits per heavy atom. The standard InChI is InChI=1S/C18H28N2O3/c1-23-17-4-2-3-16(11-17)19-9-6-15(7-10-19)20-8-5-14(13-21)18(22)12-20/h2-4,11,14-15,18,21-22H,5-10,12-13H2,1H3/t14-,18-/m1/s1. The Kier molecular flexibility index (Phi) is 5.41. The molecule has 0 radical (unpaired) electrons. The first-order valence-electron chi connectivity index (χ1n) is 8.63. The molecule has 2 aliphatic rings. The van der Waals surface area contributed by atoms with Gasteiger partial charge in [0.15, 0.2) is 0 Å². The summed E-state index contributed by atoms with van der Waals surface area (Å²) in [4.78, 5) is 4.83. The lowest BCUT2D eigenvalue weighted by Crippen LogP contribution is -2.52. The highest BCUT2D eigenvalue weighted by Gasteiger charge is 2.32. The van der Waals surface area contributed by atoms with Crippen LogP contribution in [-0.2, 0) is 0 Å². The fraction of sp³-hybridized carbons (Fsp3) is 0.667. The van der Waals surface area contributed by atoms with E-state index < -0.39 is 0 Å². The van der Waals surface area contributed by atoms with Crippen molar-refractivity contribution < 1.29 is 14.9 Å². The summed E-state index contributed by atoms with van der Waals surface area (Å²) in [6, 6.07) is 8.79. The Morgan fingerprint density at radius 3 is 2.61 bits per heavy atom. The van der Waals surface area contributed by atoms with Crippen LogP contribution in [0.1, 0.15) is 19.3 Å². The summed E-state index contributed by atoms with van der Waals surface area (Å²) < 4.78 is 5.31. The average molecular weight is 320 g/mol. The van der Waals surface area contributed by atoms with Crippen LogP contribution in [0.5, 0.6) is 5.75 Å². The minimum atomic E-state index is -0.384. The number of nitrogens with zero attached hydrogens (tertiary/aromatic N) is 2. The van der Waals surface area contributed by atoms with Gasteiger partial charge in [0, 0.05) is 50.0 Å². The molecule has 2 heterocycles. The number of β-amino-alcohol motifs (C(OH)–C–C–N with tert-alkyl or cyclic N) is 1. The van der Waals surface area contributed by atoms with Gasteiger partial charge in [-0.2, -0.15) is 0 Å². The zero-order valence-corrected chi connectivity index (χ0v) is 13.9. The lowest BCUT2D eigenvalue weighted by atomic mass is 9.92. The SMILES string of the molecule is COc1cccc(N2CCC(N3CC[C@H](CO)[C@H](O)C3)CC2)c1. The van der Waals surface area contributed by atoms with Gasteiger partial charge in [-0.05, 0) is 37.9 Å². The van der Waals surface area contributed by atoms with Crippen LogP contribution in [0.15, 0.2) is 24.3 Å². The minimum Gasteiger partial charge on any atom is -0.497 e. The predicted molar refractivity (Wildman–Crippen MR) is 91.0 cm³/mol. The highest BCUT2D eigenvalue weighted by molar-refractivity contribution is 5.51. The van der Waals surface area contributed by atoms with Crippen LogP contribution in [0.25, 0.3) is 0 Å². The monoisotopic (exact) mass is 320 g/mol. The summed E-state index contributed by atoms with van der Waals surface area (Å²) in [5, 5.41) is 19.4. The van der Waals surface area contributed by atoms with Crippen LogP contribution in [-0.4, -0.2) is 67.2 Å². The Labute approximate surface area is 138 Å². The zero-order valence-electron chi connectivity index (χ0n) is 13.9. The van der Waals surface area contributed by atoms with Gasteiger partial charge in [0.05, 0.1) is 13.2 Å². The lowest BCUT2D eigenvalue weighted by Gasteiger charge is -2.43. The molecule has 2 saturated heterocycles. The van der Waals surface area contributed by atoms with E-state index in [1.807, 2.05) is 12.1 Å².